The summed E-state index contributed by atoms with van der Waals surface area (Å²) in [5.74, 6) is 0.537. The van der Waals surface area contributed by atoms with Crippen LogP contribution >= 0.6 is 0 Å². The highest BCUT2D eigenvalue weighted by atomic mass is 16.7. The van der Waals surface area contributed by atoms with E-state index in [2.05, 4.69) is 0 Å². The fraction of sp³-hybridized carbons (Fsp3) is 0.833. The molecule has 2 rings (SSSR count). The van der Waals surface area contributed by atoms with E-state index in [4.69, 9.17) is 4.84 Å². The first kappa shape index (κ1) is 5.23. The summed E-state index contributed by atoms with van der Waals surface area (Å²) in [6.45, 7) is 1.90. The van der Waals surface area contributed by atoms with Crippen LogP contribution in [-0.2, 0) is 9.63 Å². The van der Waals surface area contributed by atoms with E-state index in [1.54, 1.807) is 5.06 Å². The van der Waals surface area contributed by atoms with Crippen molar-refractivity contribution >= 4 is 5.97 Å². The molecule has 3 nitrogen and oxygen atoms in total. The smallest absolute Gasteiger partial charge is 0.325 e. The van der Waals surface area contributed by atoms with Gasteiger partial charge < -0.3 is 4.84 Å². The molecule has 9 heavy (non-hydrogen) atoms. The number of carbonyl (C=O) groups excluding carboxylic acids is 1. The van der Waals surface area contributed by atoms with Crippen molar-refractivity contribution in [2.75, 3.05) is 13.1 Å². The number of fused-ring (bicyclic) bond motifs is 2. The van der Waals surface area contributed by atoms with Crippen LogP contribution in [0.2, 0.25) is 0 Å². The molecule has 0 saturated carbocycles. The Labute approximate surface area is 53.5 Å². The van der Waals surface area contributed by atoms with E-state index in [1.807, 2.05) is 0 Å². The Hall–Kier alpha value is -0.570. The van der Waals surface area contributed by atoms with Gasteiger partial charge in [0.1, 0.15) is 0 Å². The highest BCUT2D eigenvalue weighted by molar-refractivity contribution is 5.70. The van der Waals surface area contributed by atoms with Gasteiger partial charge in [-0.2, -0.15) is 0 Å². The van der Waals surface area contributed by atoms with E-state index >= 15 is 0 Å². The lowest BCUT2D eigenvalue weighted by Crippen LogP contribution is -2.30. The number of rotatable bonds is 0. The maximum Gasteiger partial charge on any atom is 0.325 e. The molecule has 50 valence electrons. The lowest BCUT2D eigenvalue weighted by Gasteiger charge is -2.19. The quantitative estimate of drug-likeness (QED) is 0.464. The van der Waals surface area contributed by atoms with Crippen LogP contribution in [0, 0.1) is 5.92 Å². The Morgan fingerprint density at radius 1 is 1.67 bits per heavy atom. The lowest BCUT2D eigenvalue weighted by molar-refractivity contribution is -0.193. The molecule has 0 aliphatic carbocycles. The molecule has 0 amide bonds. The average Bonchev–Trinajstić information content (AvgIpc) is 2.11. The Bertz CT molecular complexity index is 132. The number of hydrogen-bond donors (Lipinski definition) is 0. The molecule has 0 aromatic heterocycles. The van der Waals surface area contributed by atoms with Crippen LogP contribution < -0.4 is 0 Å². The topological polar surface area (TPSA) is 29.5 Å². The van der Waals surface area contributed by atoms with Crippen LogP contribution in [0.1, 0.15) is 12.8 Å². The average molecular weight is 127 g/mol. The summed E-state index contributed by atoms with van der Waals surface area (Å²) >= 11 is 0. The molecule has 2 atom stereocenters. The summed E-state index contributed by atoms with van der Waals surface area (Å²) in [4.78, 5) is 15.5. The summed E-state index contributed by atoms with van der Waals surface area (Å²) in [7, 11) is 0. The van der Waals surface area contributed by atoms with Crippen molar-refractivity contribution in [3.8, 4) is 0 Å². The number of carbonyl (C=O) groups is 1. The molecule has 3 heteroatoms. The summed E-state index contributed by atoms with van der Waals surface area (Å²) in [5.41, 5.74) is 0. The van der Waals surface area contributed by atoms with Crippen molar-refractivity contribution in [1.29, 1.82) is 0 Å². The van der Waals surface area contributed by atoms with Crippen LogP contribution in [0.5, 0.6) is 0 Å². The second kappa shape index (κ2) is 1.70. The molecule has 0 radical (unpaired) electrons. The van der Waals surface area contributed by atoms with E-state index in [-0.39, 0.29) is 5.97 Å². The predicted octanol–water partition coefficient (Wildman–Crippen LogP) is 0.170. The second-order valence-corrected chi connectivity index (χ2v) is 2.71. The van der Waals surface area contributed by atoms with Gasteiger partial charge in [0.25, 0.3) is 0 Å². The third-order valence-corrected chi connectivity index (χ3v) is 1.93. The van der Waals surface area contributed by atoms with Crippen molar-refractivity contribution in [2.45, 2.75) is 12.8 Å². The van der Waals surface area contributed by atoms with Gasteiger partial charge in [0.2, 0.25) is 0 Å². The molecule has 2 unspecified atom stereocenters. The van der Waals surface area contributed by atoms with Gasteiger partial charge in [0, 0.05) is 13.1 Å². The molecule has 2 heterocycles. The maximum absolute atomic E-state index is 10.7. The van der Waals surface area contributed by atoms with E-state index < -0.39 is 0 Å². The zero-order valence-electron chi connectivity index (χ0n) is 5.17. The number of hydroxylamine groups is 2. The summed E-state index contributed by atoms with van der Waals surface area (Å²) in [6, 6.07) is 0. The van der Waals surface area contributed by atoms with E-state index in [0.717, 1.165) is 19.5 Å². The fourth-order valence-electron chi connectivity index (χ4n) is 1.46. The van der Waals surface area contributed by atoms with Gasteiger partial charge in [-0.1, -0.05) is 0 Å². The Balaban J connectivity index is 2.11. The molecule has 2 saturated heterocycles. The summed E-state index contributed by atoms with van der Waals surface area (Å²) in [6.07, 6.45) is 1.77. The number of nitrogens with zero attached hydrogens (tertiary/aromatic N) is 1. The maximum atomic E-state index is 10.7. The van der Waals surface area contributed by atoms with Crippen molar-refractivity contribution in [2.24, 2.45) is 5.92 Å². The van der Waals surface area contributed by atoms with Crippen molar-refractivity contribution in [3.63, 3.8) is 0 Å². The van der Waals surface area contributed by atoms with Crippen molar-refractivity contribution in [3.05, 3.63) is 0 Å². The monoisotopic (exact) mass is 127 g/mol. The Kier molecular flexibility index (Phi) is 0.990. The first-order valence-corrected chi connectivity index (χ1v) is 3.30. The minimum absolute atomic E-state index is 0.0521. The molecule has 2 aliphatic heterocycles. The van der Waals surface area contributed by atoms with Gasteiger partial charge in [-0.3, -0.25) is 4.79 Å². The van der Waals surface area contributed by atoms with E-state index in [0.29, 0.717) is 12.3 Å². The molecule has 2 fully saturated rings. The van der Waals surface area contributed by atoms with Gasteiger partial charge in [-0.15, -0.1) is 5.06 Å². The minimum Gasteiger partial charge on any atom is -0.368 e. The standard InChI is InChI=1S/C6H9NO2/c8-6-3-5-1-2-7(4-5)9-6/h5H,1-4H2. The molecule has 2 aliphatic rings. The van der Waals surface area contributed by atoms with E-state index in [9.17, 15) is 4.79 Å². The van der Waals surface area contributed by atoms with Crippen molar-refractivity contribution < 1.29 is 9.63 Å². The number of hydrogen-bond acceptors (Lipinski definition) is 3. The first-order valence-electron chi connectivity index (χ1n) is 3.30. The third kappa shape index (κ3) is 0.812. The summed E-state index contributed by atoms with van der Waals surface area (Å²) < 4.78 is 0. The van der Waals surface area contributed by atoms with Gasteiger partial charge >= 0.3 is 5.97 Å². The Morgan fingerprint density at radius 2 is 2.56 bits per heavy atom. The van der Waals surface area contributed by atoms with Crippen LogP contribution in [-0.4, -0.2) is 24.1 Å². The highest BCUT2D eigenvalue weighted by Crippen LogP contribution is 2.24. The van der Waals surface area contributed by atoms with Gasteiger partial charge in [-0.05, 0) is 12.3 Å². The highest BCUT2D eigenvalue weighted by Gasteiger charge is 2.32. The molecule has 0 aromatic rings. The first-order chi connectivity index (χ1) is 4.34. The largest absolute Gasteiger partial charge is 0.368 e. The second-order valence-electron chi connectivity index (χ2n) is 2.71. The van der Waals surface area contributed by atoms with Crippen LogP contribution in [0.4, 0.5) is 0 Å². The van der Waals surface area contributed by atoms with Crippen LogP contribution in [0.15, 0.2) is 0 Å². The SMILES string of the molecule is O=C1CC2CCN(C2)O1. The van der Waals surface area contributed by atoms with E-state index in [1.165, 1.54) is 0 Å². The van der Waals surface area contributed by atoms with Crippen LogP contribution in [0.3, 0.4) is 0 Å². The zero-order valence-corrected chi connectivity index (χ0v) is 5.17. The van der Waals surface area contributed by atoms with Gasteiger partial charge in [0.05, 0.1) is 6.42 Å². The van der Waals surface area contributed by atoms with Crippen molar-refractivity contribution in [1.82, 2.24) is 5.06 Å². The van der Waals surface area contributed by atoms with Gasteiger partial charge in [0.15, 0.2) is 0 Å². The molecular weight excluding hydrogens is 118 g/mol. The molecule has 0 spiro atoms. The molecule has 2 bridgehead atoms. The fourth-order valence-corrected chi connectivity index (χ4v) is 1.46. The Morgan fingerprint density at radius 3 is 3.33 bits per heavy atom. The third-order valence-electron chi connectivity index (χ3n) is 1.93. The normalized spacial score (nSPS) is 40.7. The zero-order chi connectivity index (χ0) is 6.27. The molecule has 0 aromatic carbocycles. The summed E-state index contributed by atoms with van der Waals surface area (Å²) in [5, 5.41) is 1.76. The lowest BCUT2D eigenvalue weighted by atomic mass is 10.1. The molecular formula is C6H9NO2. The van der Waals surface area contributed by atoms with Gasteiger partial charge in [-0.25, -0.2) is 0 Å². The van der Waals surface area contributed by atoms with Crippen LogP contribution in [0.25, 0.3) is 0 Å². The molecule has 0 N–H and O–H groups in total. The predicted molar refractivity (Wildman–Crippen MR) is 30.4 cm³/mol. The minimum atomic E-state index is -0.0521.